The van der Waals surface area contributed by atoms with Crippen LogP contribution in [0.25, 0.3) is 0 Å². The monoisotopic (exact) mass is 373 g/mol. The molecule has 0 unspecified atom stereocenters. The predicted octanol–water partition coefficient (Wildman–Crippen LogP) is 3.23. The summed E-state index contributed by atoms with van der Waals surface area (Å²) in [6, 6.07) is 0.503. The summed E-state index contributed by atoms with van der Waals surface area (Å²) in [5.41, 5.74) is 0. The average molecular weight is 373 g/mol. The summed E-state index contributed by atoms with van der Waals surface area (Å²) in [6.07, 6.45) is -0.951. The number of nitrogens with one attached hydrogen (secondary N) is 1. The molecular formula is C13H16F5NO4Si. The van der Waals surface area contributed by atoms with Crippen LogP contribution in [0.15, 0.2) is 0 Å². The van der Waals surface area contributed by atoms with Crippen LogP contribution in [0.3, 0.4) is 0 Å². The van der Waals surface area contributed by atoms with Crippen molar-refractivity contribution in [1.29, 1.82) is 0 Å². The molecule has 0 bridgehead atoms. The fourth-order valence-electron chi connectivity index (χ4n) is 1.69. The van der Waals surface area contributed by atoms with Crippen LogP contribution in [0.4, 0.5) is 26.7 Å². The third kappa shape index (κ3) is 4.64. The minimum absolute atomic E-state index is 0.0313. The predicted molar refractivity (Wildman–Crippen MR) is 75.3 cm³/mol. The molecule has 0 saturated heterocycles. The van der Waals surface area contributed by atoms with Crippen molar-refractivity contribution >= 4 is 14.7 Å². The Morgan fingerprint density at radius 2 is 1.42 bits per heavy atom. The number of hydrogen-bond acceptors (Lipinski definition) is 4. The molecule has 0 aliphatic rings. The molecule has 0 atom stereocenters. The molecule has 5 nitrogen and oxygen atoms in total. The number of amides is 1. The van der Waals surface area contributed by atoms with Gasteiger partial charge in [0.05, 0.1) is 0 Å². The van der Waals surface area contributed by atoms with Gasteiger partial charge in [0.1, 0.15) is 0 Å². The maximum Gasteiger partial charge on any atom is 0.412 e. The second kappa shape index (κ2) is 8.40. The molecule has 11 heteroatoms. The van der Waals surface area contributed by atoms with Gasteiger partial charge in [-0.1, -0.05) is 0 Å². The molecule has 1 aromatic carbocycles. The Kier molecular flexibility index (Phi) is 7.11. The minimum atomic E-state index is -2.34. The largest absolute Gasteiger partial charge is 0.412 e. The van der Waals surface area contributed by atoms with Gasteiger partial charge in [0.25, 0.3) is 0 Å². The van der Waals surface area contributed by atoms with Crippen molar-refractivity contribution in [1.82, 2.24) is 5.32 Å². The highest BCUT2D eigenvalue weighted by atomic mass is 28.4. The van der Waals surface area contributed by atoms with Gasteiger partial charge in [-0.05, 0) is 19.0 Å². The third-order valence-corrected chi connectivity index (χ3v) is 6.29. The molecule has 0 aromatic heterocycles. The van der Waals surface area contributed by atoms with Crippen LogP contribution >= 0.6 is 0 Å². The zero-order chi connectivity index (χ0) is 18.5. The molecule has 136 valence electrons. The first kappa shape index (κ1) is 20.3. The smallest absolute Gasteiger partial charge is 0.404 e. The quantitative estimate of drug-likeness (QED) is 0.262. The van der Waals surface area contributed by atoms with Crippen molar-refractivity contribution in [2.24, 2.45) is 0 Å². The van der Waals surface area contributed by atoms with E-state index in [0.29, 0.717) is 12.5 Å². The maximum absolute atomic E-state index is 13.3. The van der Waals surface area contributed by atoms with Crippen molar-refractivity contribution in [3.63, 3.8) is 0 Å². The fourth-order valence-corrected chi connectivity index (χ4v) is 3.08. The summed E-state index contributed by atoms with van der Waals surface area (Å²) in [7, 11) is 0.638. The summed E-state index contributed by atoms with van der Waals surface area (Å²) in [5, 5.41) is 2.14. The Bertz CT molecular complexity index is 584. The molecule has 1 rings (SSSR count). The van der Waals surface area contributed by atoms with E-state index in [1.807, 2.05) is 0 Å². The van der Waals surface area contributed by atoms with E-state index < -0.39 is 49.5 Å². The molecular weight excluding hydrogens is 357 g/mol. The Hall–Kier alpha value is -1.72. The van der Waals surface area contributed by atoms with E-state index in [1.54, 1.807) is 6.55 Å². The lowest BCUT2D eigenvalue weighted by molar-refractivity contribution is 0.193. The summed E-state index contributed by atoms with van der Waals surface area (Å²) in [5.74, 6) is -12.8. The molecule has 1 amide bonds. The van der Waals surface area contributed by atoms with Crippen LogP contribution in [0.5, 0.6) is 5.75 Å². The van der Waals surface area contributed by atoms with Crippen molar-refractivity contribution in [3.05, 3.63) is 29.1 Å². The highest BCUT2D eigenvalue weighted by Crippen LogP contribution is 2.29. The third-order valence-electron chi connectivity index (χ3n) is 3.30. The molecule has 24 heavy (non-hydrogen) atoms. The number of ether oxygens (including phenoxy) is 1. The maximum atomic E-state index is 13.3. The molecule has 1 aromatic rings. The summed E-state index contributed by atoms with van der Waals surface area (Å²) >= 11 is 0. The van der Waals surface area contributed by atoms with Crippen LogP contribution in [0, 0.1) is 29.1 Å². The summed E-state index contributed by atoms with van der Waals surface area (Å²) in [4.78, 5) is 11.4. The van der Waals surface area contributed by atoms with Gasteiger partial charge < -0.3 is 18.9 Å². The van der Waals surface area contributed by atoms with E-state index in [1.165, 1.54) is 14.2 Å². The van der Waals surface area contributed by atoms with Crippen LogP contribution in [-0.4, -0.2) is 35.4 Å². The van der Waals surface area contributed by atoms with Gasteiger partial charge >= 0.3 is 14.7 Å². The standard InChI is InChI=1S/C13H16F5NO4Si/c1-21-24(3,22-2)6-4-5-19-13(20)23-12-10(17)8(15)7(14)9(16)11(12)18/h4-6H2,1-3H3,(H,19,20). The highest BCUT2D eigenvalue weighted by molar-refractivity contribution is 6.65. The van der Waals surface area contributed by atoms with E-state index in [4.69, 9.17) is 8.85 Å². The number of carbonyl (C=O) groups excluding carboxylic acids is 1. The topological polar surface area (TPSA) is 56.8 Å². The zero-order valence-corrected chi connectivity index (χ0v) is 14.1. The van der Waals surface area contributed by atoms with E-state index in [0.717, 1.165) is 0 Å². The molecule has 0 spiro atoms. The second-order valence-corrected chi connectivity index (χ2v) is 8.45. The average Bonchev–Trinajstić information content (AvgIpc) is 2.58. The van der Waals surface area contributed by atoms with Gasteiger partial charge in [-0.2, -0.15) is 8.78 Å². The van der Waals surface area contributed by atoms with Gasteiger partial charge in [0, 0.05) is 20.8 Å². The molecule has 0 saturated carbocycles. The van der Waals surface area contributed by atoms with Crippen LogP contribution in [-0.2, 0) is 8.85 Å². The van der Waals surface area contributed by atoms with Gasteiger partial charge in [-0.25, -0.2) is 18.0 Å². The van der Waals surface area contributed by atoms with Crippen LogP contribution < -0.4 is 10.1 Å². The zero-order valence-electron chi connectivity index (χ0n) is 13.1. The van der Waals surface area contributed by atoms with Crippen molar-refractivity contribution in [3.8, 4) is 5.75 Å². The van der Waals surface area contributed by atoms with Crippen molar-refractivity contribution < 1.29 is 40.3 Å². The highest BCUT2D eigenvalue weighted by Gasteiger charge is 2.29. The lowest BCUT2D eigenvalue weighted by Gasteiger charge is -2.22. The van der Waals surface area contributed by atoms with Gasteiger partial charge in [-0.3, -0.25) is 0 Å². The Morgan fingerprint density at radius 1 is 0.958 bits per heavy atom. The summed E-state index contributed by atoms with van der Waals surface area (Å²) < 4.78 is 80.1. The number of rotatable bonds is 7. The number of benzene rings is 1. The van der Waals surface area contributed by atoms with Gasteiger partial charge in [0.2, 0.25) is 34.8 Å². The molecule has 0 aliphatic carbocycles. The van der Waals surface area contributed by atoms with E-state index >= 15 is 0 Å². The lowest BCUT2D eigenvalue weighted by Crippen LogP contribution is -2.37. The van der Waals surface area contributed by atoms with Gasteiger partial charge in [0.15, 0.2) is 0 Å². The first-order valence-electron chi connectivity index (χ1n) is 6.74. The normalized spacial score (nSPS) is 11.5. The second-order valence-electron chi connectivity index (χ2n) is 4.86. The SMILES string of the molecule is CO[Si](C)(CCCNC(=O)Oc1c(F)c(F)c(F)c(F)c1F)OC. The number of carbonyl (C=O) groups is 1. The lowest BCUT2D eigenvalue weighted by atomic mass is 10.2. The molecule has 0 heterocycles. The van der Waals surface area contributed by atoms with E-state index in [9.17, 15) is 26.7 Å². The first-order chi connectivity index (χ1) is 11.2. The first-order valence-corrected chi connectivity index (χ1v) is 9.26. The van der Waals surface area contributed by atoms with Crippen molar-refractivity contribution in [2.75, 3.05) is 20.8 Å². The Morgan fingerprint density at radius 3 is 1.88 bits per heavy atom. The van der Waals surface area contributed by atoms with E-state index in [2.05, 4.69) is 10.1 Å². The number of halogens is 5. The summed E-state index contributed by atoms with van der Waals surface area (Å²) in [6.45, 7) is 1.82. The molecule has 1 N–H and O–H groups in total. The Labute approximate surface area is 135 Å². The minimum Gasteiger partial charge on any atom is -0.404 e. The molecule has 0 aliphatic heterocycles. The molecule has 0 radical (unpaired) electrons. The molecule has 0 fully saturated rings. The van der Waals surface area contributed by atoms with Crippen molar-refractivity contribution in [2.45, 2.75) is 19.0 Å². The van der Waals surface area contributed by atoms with Gasteiger partial charge in [-0.15, -0.1) is 0 Å². The van der Waals surface area contributed by atoms with E-state index in [-0.39, 0.29) is 6.54 Å². The number of hydrogen-bond donors (Lipinski definition) is 1. The van der Waals surface area contributed by atoms with Crippen LogP contribution in [0.1, 0.15) is 6.42 Å². The fraction of sp³-hybridized carbons (Fsp3) is 0.462. The van der Waals surface area contributed by atoms with Crippen LogP contribution in [0.2, 0.25) is 12.6 Å². The Balaban J connectivity index is 2.64.